The van der Waals surface area contributed by atoms with E-state index < -0.39 is 0 Å². The Bertz CT molecular complexity index is 597. The lowest BCUT2D eigenvalue weighted by atomic mass is 9.91. The van der Waals surface area contributed by atoms with Crippen molar-refractivity contribution >= 4 is 11.5 Å². The molecule has 0 unspecified atom stereocenters. The smallest absolute Gasteiger partial charge is 0.180 e. The van der Waals surface area contributed by atoms with E-state index in [1.807, 2.05) is 13.2 Å². The number of hydrogen-bond donors (Lipinski definition) is 1. The van der Waals surface area contributed by atoms with Crippen molar-refractivity contribution in [2.75, 3.05) is 12.4 Å². The third kappa shape index (κ3) is 2.44. The second-order valence-electron chi connectivity index (χ2n) is 7.06. The molecule has 2 aromatic rings. The average Bonchev–Trinajstić information content (AvgIpc) is 2.69. The zero-order valence-electron chi connectivity index (χ0n) is 13.0. The number of anilines is 1. The molecule has 2 aromatic heterocycles. The Balaban J connectivity index is 2.79. The number of aromatic nitrogens is 3. The summed E-state index contributed by atoms with van der Waals surface area (Å²) in [5.74, 6) is 0.836. The van der Waals surface area contributed by atoms with Crippen molar-refractivity contribution in [3.05, 3.63) is 23.8 Å². The fourth-order valence-corrected chi connectivity index (χ4v) is 2.07. The molecule has 2 rings (SSSR count). The van der Waals surface area contributed by atoms with Crippen molar-refractivity contribution in [3.8, 4) is 0 Å². The fraction of sp³-hybridized carbons (Fsp3) is 0.600. The summed E-state index contributed by atoms with van der Waals surface area (Å²) in [6, 6.07) is 0. The maximum atomic E-state index is 4.69. The van der Waals surface area contributed by atoms with E-state index in [0.29, 0.717) is 0 Å². The predicted molar refractivity (Wildman–Crippen MR) is 79.9 cm³/mol. The van der Waals surface area contributed by atoms with Crippen molar-refractivity contribution in [3.63, 3.8) is 0 Å². The highest BCUT2D eigenvalue weighted by Gasteiger charge is 2.23. The van der Waals surface area contributed by atoms with Crippen LogP contribution in [0.1, 0.15) is 52.9 Å². The first-order valence-electron chi connectivity index (χ1n) is 6.71. The molecule has 1 N–H and O–H groups in total. The van der Waals surface area contributed by atoms with Crippen molar-refractivity contribution in [1.29, 1.82) is 0 Å². The van der Waals surface area contributed by atoms with Crippen LogP contribution >= 0.6 is 0 Å². The maximum Gasteiger partial charge on any atom is 0.180 e. The number of hydrogen-bond acceptors (Lipinski definition) is 3. The highest BCUT2D eigenvalue weighted by Crippen LogP contribution is 2.28. The molecule has 19 heavy (non-hydrogen) atoms. The summed E-state index contributed by atoms with van der Waals surface area (Å²) >= 11 is 0. The molecule has 0 aliphatic carbocycles. The molecule has 4 nitrogen and oxygen atoms in total. The molecule has 0 fully saturated rings. The van der Waals surface area contributed by atoms with Crippen LogP contribution in [0.4, 0.5) is 5.82 Å². The van der Waals surface area contributed by atoms with E-state index in [9.17, 15) is 0 Å². The Morgan fingerprint density at radius 1 is 1.05 bits per heavy atom. The van der Waals surface area contributed by atoms with Gasteiger partial charge in [-0.1, -0.05) is 41.5 Å². The quantitative estimate of drug-likeness (QED) is 0.855. The van der Waals surface area contributed by atoms with Crippen LogP contribution in [0.5, 0.6) is 0 Å². The van der Waals surface area contributed by atoms with Gasteiger partial charge in [0, 0.05) is 36.0 Å². The van der Waals surface area contributed by atoms with E-state index in [0.717, 1.165) is 17.2 Å². The van der Waals surface area contributed by atoms with Gasteiger partial charge in [-0.15, -0.1) is 0 Å². The predicted octanol–water partition coefficient (Wildman–Crippen LogP) is 3.37. The minimum absolute atomic E-state index is 0.0131. The fourth-order valence-electron chi connectivity index (χ4n) is 2.07. The molecule has 0 radical (unpaired) electrons. The van der Waals surface area contributed by atoms with Gasteiger partial charge < -0.3 is 5.32 Å². The molecule has 0 aliphatic rings. The third-order valence-electron chi connectivity index (χ3n) is 3.27. The van der Waals surface area contributed by atoms with Gasteiger partial charge in [-0.3, -0.25) is 4.40 Å². The second-order valence-corrected chi connectivity index (χ2v) is 7.06. The van der Waals surface area contributed by atoms with Crippen LogP contribution in [0, 0.1) is 0 Å². The Labute approximate surface area is 115 Å². The molecule has 2 heterocycles. The number of nitrogens with zero attached hydrogens (tertiary/aromatic N) is 3. The molecule has 4 heteroatoms. The number of imidazole rings is 1. The first-order valence-corrected chi connectivity index (χ1v) is 6.71. The highest BCUT2D eigenvalue weighted by molar-refractivity contribution is 5.64. The molecule has 0 amide bonds. The molecule has 0 saturated heterocycles. The Morgan fingerprint density at radius 2 is 1.68 bits per heavy atom. The number of fused-ring (bicyclic) bond motifs is 1. The van der Waals surface area contributed by atoms with Crippen LogP contribution < -0.4 is 5.32 Å². The van der Waals surface area contributed by atoms with Crippen LogP contribution in [-0.4, -0.2) is 21.4 Å². The minimum Gasteiger partial charge on any atom is -0.370 e. The maximum absolute atomic E-state index is 4.69. The molecule has 104 valence electrons. The van der Waals surface area contributed by atoms with Gasteiger partial charge in [0.25, 0.3) is 0 Å². The van der Waals surface area contributed by atoms with Crippen molar-refractivity contribution < 1.29 is 0 Å². The van der Waals surface area contributed by atoms with Gasteiger partial charge in [-0.25, -0.2) is 9.97 Å². The summed E-state index contributed by atoms with van der Waals surface area (Å²) < 4.78 is 2.17. The Morgan fingerprint density at radius 3 is 2.16 bits per heavy atom. The van der Waals surface area contributed by atoms with Gasteiger partial charge in [0.05, 0.1) is 5.69 Å². The molecule has 0 aromatic carbocycles. The van der Waals surface area contributed by atoms with E-state index in [2.05, 4.69) is 62.4 Å². The summed E-state index contributed by atoms with van der Waals surface area (Å²) in [4.78, 5) is 9.21. The van der Waals surface area contributed by atoms with Crippen LogP contribution in [0.3, 0.4) is 0 Å². The van der Waals surface area contributed by atoms with Crippen molar-refractivity contribution in [2.24, 2.45) is 0 Å². The summed E-state index contributed by atoms with van der Waals surface area (Å²) in [7, 11) is 1.89. The summed E-state index contributed by atoms with van der Waals surface area (Å²) in [6.07, 6.45) is 4.06. The first-order chi connectivity index (χ1) is 8.64. The van der Waals surface area contributed by atoms with Gasteiger partial charge >= 0.3 is 0 Å². The summed E-state index contributed by atoms with van der Waals surface area (Å²) in [5.41, 5.74) is 3.22. The van der Waals surface area contributed by atoms with Gasteiger partial charge in [0.2, 0.25) is 0 Å². The van der Waals surface area contributed by atoms with Crippen molar-refractivity contribution in [1.82, 2.24) is 14.4 Å². The van der Waals surface area contributed by atoms with E-state index in [4.69, 9.17) is 4.98 Å². The number of nitrogens with one attached hydrogen (secondary N) is 1. The summed E-state index contributed by atoms with van der Waals surface area (Å²) in [5, 5.41) is 3.15. The van der Waals surface area contributed by atoms with Gasteiger partial charge in [-0.2, -0.15) is 0 Å². The van der Waals surface area contributed by atoms with Crippen molar-refractivity contribution in [2.45, 2.75) is 52.4 Å². The number of rotatable bonds is 1. The molecular formula is C15H24N4. The lowest BCUT2D eigenvalue weighted by Gasteiger charge is -2.22. The first kappa shape index (κ1) is 13.8. The van der Waals surface area contributed by atoms with Crippen LogP contribution in [0.25, 0.3) is 5.65 Å². The van der Waals surface area contributed by atoms with Gasteiger partial charge in [-0.05, 0) is 0 Å². The molecular weight excluding hydrogens is 236 g/mol. The van der Waals surface area contributed by atoms with Gasteiger partial charge in [0.15, 0.2) is 11.5 Å². The third-order valence-corrected chi connectivity index (χ3v) is 3.27. The largest absolute Gasteiger partial charge is 0.370 e. The molecule has 0 bridgehead atoms. The van der Waals surface area contributed by atoms with Crippen LogP contribution in [0.15, 0.2) is 12.4 Å². The molecule has 0 aliphatic heterocycles. The molecule has 0 atom stereocenters. The average molecular weight is 260 g/mol. The Hall–Kier alpha value is -1.58. The van der Waals surface area contributed by atoms with E-state index in [1.165, 1.54) is 5.69 Å². The van der Waals surface area contributed by atoms with Gasteiger partial charge in [0.1, 0.15) is 0 Å². The summed E-state index contributed by atoms with van der Waals surface area (Å²) in [6.45, 7) is 13.1. The SMILES string of the molecule is CNc1nc(C(C)(C)C)cn2c(C(C)(C)C)cnc12. The topological polar surface area (TPSA) is 42.2 Å². The molecule has 0 spiro atoms. The normalized spacial score (nSPS) is 13.0. The Kier molecular flexibility index (Phi) is 3.07. The standard InChI is InChI=1S/C15H24N4/c1-14(2,3)10-9-19-11(15(4,5)6)8-17-13(19)12(16-7)18-10/h8-9H,1-7H3,(H,16,18). The van der Waals surface area contributed by atoms with E-state index in [-0.39, 0.29) is 10.8 Å². The lowest BCUT2D eigenvalue weighted by Crippen LogP contribution is -2.19. The van der Waals surface area contributed by atoms with E-state index >= 15 is 0 Å². The molecule has 0 saturated carbocycles. The van der Waals surface area contributed by atoms with Crippen LogP contribution in [-0.2, 0) is 10.8 Å². The van der Waals surface area contributed by atoms with Crippen LogP contribution in [0.2, 0.25) is 0 Å². The zero-order valence-corrected chi connectivity index (χ0v) is 13.0. The lowest BCUT2D eigenvalue weighted by molar-refractivity contribution is 0.547. The zero-order chi connectivity index (χ0) is 14.4. The minimum atomic E-state index is 0.0131. The highest BCUT2D eigenvalue weighted by atomic mass is 15.1. The van der Waals surface area contributed by atoms with E-state index in [1.54, 1.807) is 0 Å². The monoisotopic (exact) mass is 260 g/mol. The second kappa shape index (κ2) is 4.22.